The zero-order chi connectivity index (χ0) is 24.1. The first-order chi connectivity index (χ1) is 17.1. The molecule has 35 heavy (non-hydrogen) atoms. The minimum absolute atomic E-state index is 0.394. The minimum atomic E-state index is -2.31. The normalized spacial score (nSPS) is 13.7. The van der Waals surface area contributed by atoms with Crippen molar-refractivity contribution < 1.29 is 0 Å². The predicted octanol–water partition coefficient (Wildman–Crippen LogP) is 6.75. The van der Waals surface area contributed by atoms with Crippen molar-refractivity contribution in [1.29, 1.82) is 0 Å². The summed E-state index contributed by atoms with van der Waals surface area (Å²) in [6.07, 6.45) is 0. The van der Waals surface area contributed by atoms with Crippen molar-refractivity contribution in [2.24, 2.45) is 0 Å². The standard InChI is InChI=1S/C33H34P2/c1-34(29-20-10-4-11-21-29,30-22-12-5-13-23-30)33(28-18-8-3-9-19-28)35(2,31-24-14-6-15-25-31)32-26-16-7-17-27-32/h3-27,33-35H,1-2H3. The van der Waals surface area contributed by atoms with E-state index in [4.69, 9.17) is 0 Å². The van der Waals surface area contributed by atoms with E-state index in [1.165, 1.54) is 26.8 Å². The van der Waals surface area contributed by atoms with Crippen molar-refractivity contribution in [1.82, 2.24) is 0 Å². The van der Waals surface area contributed by atoms with Gasteiger partial charge < -0.3 is 0 Å². The third-order valence-electron chi connectivity index (χ3n) is 7.78. The molecular weight excluding hydrogens is 458 g/mol. The molecule has 0 nitrogen and oxygen atoms in total. The van der Waals surface area contributed by atoms with Crippen LogP contribution in [0.15, 0.2) is 152 Å². The molecule has 0 fully saturated rings. The third kappa shape index (κ3) is 4.38. The van der Waals surface area contributed by atoms with Crippen molar-refractivity contribution in [3.8, 4) is 0 Å². The summed E-state index contributed by atoms with van der Waals surface area (Å²) in [6, 6.07) is 56.7. The van der Waals surface area contributed by atoms with E-state index < -0.39 is 14.5 Å². The zero-order valence-electron chi connectivity index (χ0n) is 20.5. The Balaban J connectivity index is 1.90. The first-order valence-electron chi connectivity index (χ1n) is 12.4. The summed E-state index contributed by atoms with van der Waals surface area (Å²) in [5.41, 5.74) is 1.45. The van der Waals surface area contributed by atoms with Crippen LogP contribution < -0.4 is 21.2 Å². The van der Waals surface area contributed by atoms with E-state index in [9.17, 15) is 0 Å². The molecule has 176 valence electrons. The summed E-state index contributed by atoms with van der Waals surface area (Å²) < 4.78 is 0. The average molecular weight is 493 g/mol. The second-order valence-electron chi connectivity index (χ2n) is 9.71. The van der Waals surface area contributed by atoms with Crippen LogP contribution in [0.3, 0.4) is 0 Å². The van der Waals surface area contributed by atoms with Crippen molar-refractivity contribution >= 4 is 35.7 Å². The number of benzene rings is 5. The van der Waals surface area contributed by atoms with Crippen LogP contribution in [-0.4, -0.2) is 13.3 Å². The van der Waals surface area contributed by atoms with E-state index >= 15 is 0 Å². The molecule has 0 spiro atoms. The van der Waals surface area contributed by atoms with Crippen LogP contribution in [0.25, 0.3) is 0 Å². The second kappa shape index (κ2) is 10.3. The molecule has 0 amide bonds. The van der Waals surface area contributed by atoms with Crippen LogP contribution in [0.4, 0.5) is 0 Å². The second-order valence-corrected chi connectivity index (χ2v) is 18.6. The molecule has 0 N–H and O–H groups in total. The van der Waals surface area contributed by atoms with E-state index in [2.05, 4.69) is 165 Å². The van der Waals surface area contributed by atoms with Crippen molar-refractivity contribution in [3.63, 3.8) is 0 Å². The van der Waals surface area contributed by atoms with Crippen LogP contribution in [0.2, 0.25) is 0 Å². The Morgan fingerprint density at radius 3 is 0.829 bits per heavy atom. The quantitative estimate of drug-likeness (QED) is 0.221. The fourth-order valence-corrected chi connectivity index (χ4v) is 19.9. The molecule has 0 aliphatic heterocycles. The molecule has 0 aromatic heterocycles. The first kappa shape index (κ1) is 23.7. The van der Waals surface area contributed by atoms with Crippen LogP contribution in [0.1, 0.15) is 11.0 Å². The number of hydrogen-bond acceptors (Lipinski definition) is 0. The maximum absolute atomic E-state index is 2.60. The molecule has 5 aromatic carbocycles. The van der Waals surface area contributed by atoms with Gasteiger partial charge in [0, 0.05) is 0 Å². The van der Waals surface area contributed by atoms with E-state index in [0.717, 1.165) is 0 Å². The van der Waals surface area contributed by atoms with Gasteiger partial charge in [-0.15, -0.1) is 0 Å². The molecule has 0 radical (unpaired) electrons. The van der Waals surface area contributed by atoms with E-state index in [-0.39, 0.29) is 0 Å². The Hall–Kier alpha value is -3.04. The van der Waals surface area contributed by atoms with Gasteiger partial charge in [-0.05, 0) is 0 Å². The fourth-order valence-electron chi connectivity index (χ4n) is 6.03. The van der Waals surface area contributed by atoms with E-state index in [1.54, 1.807) is 0 Å². The Morgan fingerprint density at radius 2 is 0.571 bits per heavy atom. The molecule has 2 heteroatoms. The summed E-state index contributed by atoms with van der Waals surface area (Å²) in [5, 5.41) is 6.36. The van der Waals surface area contributed by atoms with Crippen molar-refractivity contribution in [3.05, 3.63) is 157 Å². The van der Waals surface area contributed by atoms with Crippen molar-refractivity contribution in [2.75, 3.05) is 13.3 Å². The van der Waals surface area contributed by atoms with Crippen LogP contribution in [0, 0.1) is 0 Å². The van der Waals surface area contributed by atoms with E-state index in [0.29, 0.717) is 5.40 Å². The molecule has 0 unspecified atom stereocenters. The summed E-state index contributed by atoms with van der Waals surface area (Å²) >= 11 is 0. The summed E-state index contributed by atoms with van der Waals surface area (Å²) in [4.78, 5) is 0. The Morgan fingerprint density at radius 1 is 0.343 bits per heavy atom. The summed E-state index contributed by atoms with van der Waals surface area (Å²) in [7, 11) is -4.62. The Labute approximate surface area is 211 Å². The molecule has 0 saturated heterocycles. The summed E-state index contributed by atoms with van der Waals surface area (Å²) in [6.45, 7) is 5.21. The first-order valence-corrected chi connectivity index (χ1v) is 17.6. The third-order valence-corrected chi connectivity index (χ3v) is 20.4. The van der Waals surface area contributed by atoms with Gasteiger partial charge in [0.2, 0.25) is 0 Å². The van der Waals surface area contributed by atoms with Gasteiger partial charge >= 0.3 is 212 Å². The Bertz CT molecular complexity index is 1170. The molecule has 5 rings (SSSR count). The SMILES string of the molecule is C[PH](c1ccccc1)(c1ccccc1)C(c1ccccc1)[PH](C)(c1ccccc1)c1ccccc1. The van der Waals surface area contributed by atoms with Gasteiger partial charge in [0.25, 0.3) is 0 Å². The van der Waals surface area contributed by atoms with Crippen LogP contribution in [0.5, 0.6) is 0 Å². The van der Waals surface area contributed by atoms with Gasteiger partial charge in [-0.25, -0.2) is 0 Å². The van der Waals surface area contributed by atoms with Gasteiger partial charge in [0.15, 0.2) is 0 Å². The van der Waals surface area contributed by atoms with Crippen LogP contribution in [-0.2, 0) is 0 Å². The summed E-state index contributed by atoms with van der Waals surface area (Å²) in [5.74, 6) is 0. The van der Waals surface area contributed by atoms with Gasteiger partial charge in [0.1, 0.15) is 0 Å². The zero-order valence-corrected chi connectivity index (χ0v) is 22.5. The van der Waals surface area contributed by atoms with Gasteiger partial charge in [-0.2, -0.15) is 0 Å². The number of rotatable bonds is 7. The van der Waals surface area contributed by atoms with Gasteiger partial charge in [-0.1, -0.05) is 0 Å². The Kier molecular flexibility index (Phi) is 6.97. The molecule has 5 aromatic rings. The molecule has 0 heterocycles. The average Bonchev–Trinajstić information content (AvgIpc) is 2.95. The molecule has 0 aliphatic rings. The fraction of sp³-hybridized carbons (Fsp3) is 0.0909. The molecule has 0 aliphatic carbocycles. The number of hydrogen-bond donors (Lipinski definition) is 0. The maximum atomic E-state index is 2.60. The molecular formula is C33H34P2. The monoisotopic (exact) mass is 492 g/mol. The van der Waals surface area contributed by atoms with Gasteiger partial charge in [0.05, 0.1) is 0 Å². The predicted molar refractivity (Wildman–Crippen MR) is 162 cm³/mol. The topological polar surface area (TPSA) is 0 Å². The van der Waals surface area contributed by atoms with Crippen LogP contribution >= 0.6 is 14.5 Å². The molecule has 0 saturated carbocycles. The van der Waals surface area contributed by atoms with E-state index in [1.807, 2.05) is 0 Å². The molecule has 0 atom stereocenters. The molecule has 0 bridgehead atoms. The van der Waals surface area contributed by atoms with Gasteiger partial charge in [-0.3, -0.25) is 0 Å². The van der Waals surface area contributed by atoms with Crippen molar-refractivity contribution in [2.45, 2.75) is 5.40 Å².